The Morgan fingerprint density at radius 1 is 1.05 bits per heavy atom. The molecule has 0 fully saturated rings. The molecule has 5 nitrogen and oxygen atoms in total. The quantitative estimate of drug-likeness (QED) is 0.828. The van der Waals surface area contributed by atoms with E-state index in [2.05, 4.69) is 10.9 Å². The minimum absolute atomic E-state index is 0.170. The molecule has 0 aliphatic carbocycles. The number of carbonyl (C=O) groups is 1. The van der Waals surface area contributed by atoms with Crippen LogP contribution in [0.15, 0.2) is 53.4 Å². The second kappa shape index (κ2) is 6.62. The number of benzene rings is 2. The van der Waals surface area contributed by atoms with Crippen molar-refractivity contribution in [2.75, 3.05) is 11.7 Å². The Bertz CT molecular complexity index is 768. The highest BCUT2D eigenvalue weighted by atomic mass is 32.2. The summed E-state index contributed by atoms with van der Waals surface area (Å²) in [7, 11) is -3.21. The largest absolute Gasteiger partial charge is 0.298 e. The van der Waals surface area contributed by atoms with Gasteiger partial charge < -0.3 is 0 Å². The number of anilines is 1. The molecule has 0 aliphatic heterocycles. The van der Waals surface area contributed by atoms with Gasteiger partial charge in [-0.2, -0.15) is 0 Å². The second-order valence-electron chi connectivity index (χ2n) is 5.08. The summed E-state index contributed by atoms with van der Waals surface area (Å²) in [5.41, 5.74) is 8.11. The van der Waals surface area contributed by atoms with Gasteiger partial charge in [0.25, 0.3) is 0 Å². The van der Waals surface area contributed by atoms with E-state index in [0.717, 1.165) is 23.1 Å². The normalized spacial score (nSPS) is 11.0. The number of rotatable bonds is 5. The lowest BCUT2D eigenvalue weighted by Gasteiger charge is -2.10. The number of nitrogens with one attached hydrogen (secondary N) is 2. The summed E-state index contributed by atoms with van der Waals surface area (Å²) >= 11 is 0. The minimum Gasteiger partial charge on any atom is -0.298 e. The van der Waals surface area contributed by atoms with Gasteiger partial charge >= 0.3 is 0 Å². The van der Waals surface area contributed by atoms with Crippen LogP contribution in [0.25, 0.3) is 0 Å². The first-order valence-corrected chi connectivity index (χ1v) is 8.65. The van der Waals surface area contributed by atoms with Gasteiger partial charge in [-0.15, -0.1) is 0 Å². The number of para-hydroxylation sites is 1. The first-order chi connectivity index (χ1) is 10.4. The van der Waals surface area contributed by atoms with Crippen molar-refractivity contribution in [2.24, 2.45) is 0 Å². The van der Waals surface area contributed by atoms with Crippen LogP contribution in [0.5, 0.6) is 0 Å². The monoisotopic (exact) mass is 318 g/mol. The Morgan fingerprint density at radius 2 is 1.68 bits per heavy atom. The first-order valence-electron chi connectivity index (χ1n) is 6.76. The molecule has 22 heavy (non-hydrogen) atoms. The van der Waals surface area contributed by atoms with Crippen molar-refractivity contribution in [3.8, 4) is 0 Å². The Morgan fingerprint density at radius 3 is 2.27 bits per heavy atom. The van der Waals surface area contributed by atoms with E-state index >= 15 is 0 Å². The molecule has 0 spiro atoms. The number of aryl methyl sites for hydroxylation is 1. The van der Waals surface area contributed by atoms with E-state index in [0.29, 0.717) is 0 Å². The third kappa shape index (κ3) is 4.33. The molecular weight excluding hydrogens is 300 g/mol. The molecule has 2 aromatic rings. The maximum atomic E-state index is 11.9. The summed E-state index contributed by atoms with van der Waals surface area (Å²) in [6.45, 7) is 1.94. The number of amides is 1. The molecule has 0 saturated heterocycles. The van der Waals surface area contributed by atoms with Crippen LogP contribution in [0.2, 0.25) is 0 Å². The highest BCUT2D eigenvalue weighted by molar-refractivity contribution is 7.90. The van der Waals surface area contributed by atoms with E-state index in [1.807, 2.05) is 31.2 Å². The van der Waals surface area contributed by atoms with Crippen molar-refractivity contribution in [1.29, 1.82) is 0 Å². The van der Waals surface area contributed by atoms with Crippen molar-refractivity contribution < 1.29 is 13.2 Å². The molecule has 2 rings (SSSR count). The number of carbonyl (C=O) groups excluding carboxylic acids is 1. The fourth-order valence-corrected chi connectivity index (χ4v) is 2.56. The fourth-order valence-electron chi connectivity index (χ4n) is 1.93. The van der Waals surface area contributed by atoms with Gasteiger partial charge in [0.05, 0.1) is 17.0 Å². The summed E-state index contributed by atoms with van der Waals surface area (Å²) < 4.78 is 22.7. The third-order valence-corrected chi connectivity index (χ3v) is 4.33. The van der Waals surface area contributed by atoms with Crippen LogP contribution >= 0.6 is 0 Å². The van der Waals surface area contributed by atoms with Crippen LogP contribution in [0.3, 0.4) is 0 Å². The molecule has 2 aromatic carbocycles. The van der Waals surface area contributed by atoms with Gasteiger partial charge in [0.15, 0.2) is 9.84 Å². The summed E-state index contributed by atoms with van der Waals surface area (Å²) in [6, 6.07) is 13.9. The zero-order valence-corrected chi connectivity index (χ0v) is 13.3. The van der Waals surface area contributed by atoms with E-state index in [-0.39, 0.29) is 17.2 Å². The molecule has 0 aromatic heterocycles. The van der Waals surface area contributed by atoms with Crippen molar-refractivity contribution in [1.82, 2.24) is 5.43 Å². The van der Waals surface area contributed by atoms with Crippen molar-refractivity contribution in [2.45, 2.75) is 18.2 Å². The maximum absolute atomic E-state index is 11.9. The van der Waals surface area contributed by atoms with Crippen LogP contribution in [0, 0.1) is 6.92 Å². The molecular formula is C16H18N2O3S. The number of hydrogen-bond donors (Lipinski definition) is 2. The molecule has 0 atom stereocenters. The molecule has 116 valence electrons. The number of hydrazine groups is 1. The van der Waals surface area contributed by atoms with E-state index in [1.165, 1.54) is 12.1 Å². The van der Waals surface area contributed by atoms with E-state index < -0.39 is 9.84 Å². The molecule has 2 N–H and O–H groups in total. The molecule has 0 radical (unpaired) electrons. The van der Waals surface area contributed by atoms with Crippen LogP contribution in [0.4, 0.5) is 5.69 Å². The first kappa shape index (κ1) is 16.0. The topological polar surface area (TPSA) is 75.3 Å². The van der Waals surface area contributed by atoms with Crippen LogP contribution in [-0.2, 0) is 21.1 Å². The fraction of sp³-hybridized carbons (Fsp3) is 0.188. The van der Waals surface area contributed by atoms with Crippen LogP contribution < -0.4 is 10.9 Å². The summed E-state index contributed by atoms with van der Waals surface area (Å²) in [4.78, 5) is 12.1. The van der Waals surface area contributed by atoms with E-state index in [4.69, 9.17) is 0 Å². The predicted octanol–water partition coefficient (Wildman–Crippen LogP) is 2.08. The Balaban J connectivity index is 1.94. The van der Waals surface area contributed by atoms with Crippen molar-refractivity contribution >= 4 is 21.4 Å². The summed E-state index contributed by atoms with van der Waals surface area (Å²) in [6.07, 6.45) is 1.32. The van der Waals surface area contributed by atoms with E-state index in [9.17, 15) is 13.2 Å². The minimum atomic E-state index is -3.21. The van der Waals surface area contributed by atoms with Gasteiger partial charge in [0.2, 0.25) is 5.91 Å². The van der Waals surface area contributed by atoms with Gasteiger partial charge in [0.1, 0.15) is 0 Å². The third-order valence-electron chi connectivity index (χ3n) is 3.20. The Hall–Kier alpha value is -2.34. The lowest BCUT2D eigenvalue weighted by Crippen LogP contribution is -2.31. The molecule has 0 aliphatic rings. The molecule has 6 heteroatoms. The van der Waals surface area contributed by atoms with Crippen LogP contribution in [-0.4, -0.2) is 20.6 Å². The van der Waals surface area contributed by atoms with Gasteiger partial charge in [-0.05, 0) is 36.2 Å². The molecule has 0 bridgehead atoms. The molecule has 1 amide bonds. The molecule has 0 heterocycles. The zero-order valence-electron chi connectivity index (χ0n) is 12.5. The van der Waals surface area contributed by atoms with Crippen LogP contribution in [0.1, 0.15) is 11.1 Å². The summed E-state index contributed by atoms with van der Waals surface area (Å²) in [5, 5.41) is 0. The van der Waals surface area contributed by atoms with Crippen molar-refractivity contribution in [3.05, 3.63) is 59.7 Å². The summed E-state index contributed by atoms with van der Waals surface area (Å²) in [5.74, 6) is -0.199. The van der Waals surface area contributed by atoms with Gasteiger partial charge in [0, 0.05) is 6.26 Å². The predicted molar refractivity (Wildman–Crippen MR) is 86.2 cm³/mol. The standard InChI is InChI=1S/C16H18N2O3S/c1-12-5-3-4-6-15(12)17-18-16(19)11-13-7-9-14(10-8-13)22(2,20)21/h3-10,17H,11H2,1-2H3,(H,18,19). The average Bonchev–Trinajstić information content (AvgIpc) is 2.46. The maximum Gasteiger partial charge on any atom is 0.242 e. The highest BCUT2D eigenvalue weighted by Crippen LogP contribution is 2.12. The molecule has 0 unspecified atom stereocenters. The zero-order chi connectivity index (χ0) is 16.2. The number of sulfone groups is 1. The van der Waals surface area contributed by atoms with Gasteiger partial charge in [-0.25, -0.2) is 8.42 Å². The highest BCUT2D eigenvalue weighted by Gasteiger charge is 2.08. The molecule has 0 saturated carbocycles. The Labute approximate surface area is 130 Å². The van der Waals surface area contributed by atoms with Gasteiger partial charge in [-0.3, -0.25) is 15.6 Å². The Kier molecular flexibility index (Phi) is 4.82. The van der Waals surface area contributed by atoms with E-state index in [1.54, 1.807) is 12.1 Å². The SMILES string of the molecule is Cc1ccccc1NNC(=O)Cc1ccc(S(C)(=O)=O)cc1. The lowest BCUT2D eigenvalue weighted by atomic mass is 10.1. The smallest absolute Gasteiger partial charge is 0.242 e. The second-order valence-corrected chi connectivity index (χ2v) is 7.10. The lowest BCUT2D eigenvalue weighted by molar-refractivity contribution is -0.119. The van der Waals surface area contributed by atoms with Crippen molar-refractivity contribution in [3.63, 3.8) is 0 Å². The van der Waals surface area contributed by atoms with Gasteiger partial charge in [-0.1, -0.05) is 30.3 Å². The number of hydrogen-bond acceptors (Lipinski definition) is 4. The average molecular weight is 318 g/mol.